The van der Waals surface area contributed by atoms with Crippen LogP contribution in [0.4, 0.5) is 11.6 Å². The average Bonchev–Trinajstić information content (AvgIpc) is 3.12. The van der Waals surface area contributed by atoms with Crippen LogP contribution in [-0.2, 0) is 4.79 Å². The fourth-order valence-electron chi connectivity index (χ4n) is 4.03. The zero-order valence-corrected chi connectivity index (χ0v) is 17.6. The highest BCUT2D eigenvalue weighted by molar-refractivity contribution is 5.78. The zero-order chi connectivity index (χ0) is 21.1. The highest BCUT2D eigenvalue weighted by Crippen LogP contribution is 2.31. The Morgan fingerprint density at radius 3 is 2.37 bits per heavy atom. The number of aldehydes is 1. The van der Waals surface area contributed by atoms with Crippen LogP contribution in [-0.4, -0.2) is 64.2 Å². The minimum atomic E-state index is -0.362. The van der Waals surface area contributed by atoms with Gasteiger partial charge in [0.1, 0.15) is 0 Å². The first-order chi connectivity index (χ1) is 14.6. The largest absolute Gasteiger partial charge is 0.368 e. The molecule has 0 saturated carbocycles. The third-order valence-corrected chi connectivity index (χ3v) is 5.54. The molecule has 30 heavy (non-hydrogen) atoms. The van der Waals surface area contributed by atoms with Crippen LogP contribution in [0.5, 0.6) is 0 Å². The maximum atomic E-state index is 11.9. The van der Waals surface area contributed by atoms with Crippen molar-refractivity contribution >= 4 is 17.9 Å². The number of nitrogens with zero attached hydrogens (tertiary/aromatic N) is 6. The van der Waals surface area contributed by atoms with E-state index in [9.17, 15) is 4.79 Å². The number of aromatic nitrogens is 4. The molecule has 1 fully saturated rings. The van der Waals surface area contributed by atoms with E-state index in [0.29, 0.717) is 5.95 Å². The van der Waals surface area contributed by atoms with Crippen molar-refractivity contribution in [2.24, 2.45) is 0 Å². The van der Waals surface area contributed by atoms with Gasteiger partial charge < -0.3 is 10.2 Å². The van der Waals surface area contributed by atoms with E-state index in [1.807, 2.05) is 43.1 Å². The summed E-state index contributed by atoms with van der Waals surface area (Å²) >= 11 is 0. The summed E-state index contributed by atoms with van der Waals surface area (Å²) < 4.78 is 1.83. The first-order valence-corrected chi connectivity index (χ1v) is 10.2. The fraction of sp³-hybridized carbons (Fsp3) is 0.364. The Bertz CT molecular complexity index is 1010. The number of nitrogens with one attached hydrogen (secondary N) is 1. The molecule has 8 heteroatoms. The number of piperazine rings is 1. The van der Waals surface area contributed by atoms with E-state index in [2.05, 4.69) is 48.4 Å². The van der Waals surface area contributed by atoms with E-state index in [0.717, 1.165) is 60.7 Å². The van der Waals surface area contributed by atoms with Crippen molar-refractivity contribution in [2.75, 3.05) is 43.4 Å². The molecule has 0 spiro atoms. The Morgan fingerprint density at radius 2 is 1.77 bits per heavy atom. The lowest BCUT2D eigenvalue weighted by Gasteiger charge is -2.39. The number of hydrogen-bond acceptors (Lipinski definition) is 7. The van der Waals surface area contributed by atoms with Crippen molar-refractivity contribution in [1.82, 2.24) is 24.6 Å². The minimum absolute atomic E-state index is 0.362. The number of carbonyl (C=O) groups is 1. The summed E-state index contributed by atoms with van der Waals surface area (Å²) in [5.41, 5.74) is 5.19. The molecule has 8 nitrogen and oxygen atoms in total. The summed E-state index contributed by atoms with van der Waals surface area (Å²) in [5, 5.41) is 7.46. The number of benzene rings is 1. The molecule has 1 aromatic carbocycles. The molecule has 0 aliphatic carbocycles. The molecule has 0 bridgehead atoms. The van der Waals surface area contributed by atoms with E-state index in [-0.39, 0.29) is 6.17 Å². The van der Waals surface area contributed by atoms with Gasteiger partial charge >= 0.3 is 0 Å². The third-order valence-electron chi connectivity index (χ3n) is 5.54. The van der Waals surface area contributed by atoms with Gasteiger partial charge in [-0.25, -0.2) is 14.6 Å². The lowest BCUT2D eigenvalue weighted by molar-refractivity contribution is -0.116. The topological polar surface area (TPSA) is 79.2 Å². The Hall–Kier alpha value is -3.26. The smallest absolute Gasteiger partial charge is 0.222 e. The molecule has 0 amide bonds. The molecule has 1 unspecified atom stereocenters. The van der Waals surface area contributed by atoms with Crippen LogP contribution in [0.2, 0.25) is 0 Å². The molecule has 2 aromatic heterocycles. The van der Waals surface area contributed by atoms with Crippen LogP contribution in [0.25, 0.3) is 11.1 Å². The predicted octanol–water partition coefficient (Wildman–Crippen LogP) is 2.52. The third kappa shape index (κ3) is 3.91. The van der Waals surface area contributed by atoms with Gasteiger partial charge in [-0.2, -0.15) is 5.10 Å². The second-order valence-corrected chi connectivity index (χ2v) is 7.51. The first-order valence-electron chi connectivity index (χ1n) is 10.2. The van der Waals surface area contributed by atoms with Crippen molar-refractivity contribution in [2.45, 2.75) is 20.0 Å². The van der Waals surface area contributed by atoms with Crippen molar-refractivity contribution < 1.29 is 4.79 Å². The molecule has 1 saturated heterocycles. The lowest BCUT2D eigenvalue weighted by Crippen LogP contribution is -2.49. The number of para-hydroxylation sites is 1. The predicted molar refractivity (Wildman–Crippen MR) is 118 cm³/mol. The molecule has 4 rings (SSSR count). The Labute approximate surface area is 176 Å². The normalized spacial score (nSPS) is 15.8. The molecule has 1 aliphatic rings. The highest BCUT2D eigenvalue weighted by Gasteiger charge is 2.27. The Kier molecular flexibility index (Phi) is 5.76. The number of rotatable bonds is 6. The van der Waals surface area contributed by atoms with Gasteiger partial charge in [0.05, 0.1) is 5.69 Å². The molecule has 3 aromatic rings. The van der Waals surface area contributed by atoms with Gasteiger partial charge in [-0.3, -0.25) is 9.69 Å². The number of hydrogen-bond donors (Lipinski definition) is 1. The molecular formula is C22H27N7O. The monoisotopic (exact) mass is 405 g/mol. The maximum Gasteiger partial charge on any atom is 0.222 e. The van der Waals surface area contributed by atoms with Crippen LogP contribution in [0, 0.1) is 13.8 Å². The molecular weight excluding hydrogens is 378 g/mol. The van der Waals surface area contributed by atoms with Gasteiger partial charge in [-0.05, 0) is 26.0 Å². The Morgan fingerprint density at radius 1 is 1.07 bits per heavy atom. The van der Waals surface area contributed by atoms with Gasteiger partial charge in [0.2, 0.25) is 5.95 Å². The Balaban J connectivity index is 1.52. The number of anilines is 2. The summed E-state index contributed by atoms with van der Waals surface area (Å²) in [5.74, 6) is 0.605. The fourth-order valence-corrected chi connectivity index (χ4v) is 4.03. The summed E-state index contributed by atoms with van der Waals surface area (Å²) in [6, 6.07) is 10.3. The standard InChI is InChI=1S/C22H27N7O/c1-16-12-17(2)29(26-16)21(15-30)28-10-8-27(9-11-28)20-7-5-4-6-19(20)18-13-24-22(23-3)25-14-18/h4-7,12-15,21H,8-11H2,1-3H3,(H,23,24,25). The minimum Gasteiger partial charge on any atom is -0.368 e. The number of aryl methyl sites for hydroxylation is 2. The second-order valence-electron chi connectivity index (χ2n) is 7.51. The van der Waals surface area contributed by atoms with Crippen LogP contribution < -0.4 is 10.2 Å². The van der Waals surface area contributed by atoms with Gasteiger partial charge in [-0.15, -0.1) is 0 Å². The highest BCUT2D eigenvalue weighted by atomic mass is 16.1. The second kappa shape index (κ2) is 8.62. The van der Waals surface area contributed by atoms with Crippen LogP contribution >= 0.6 is 0 Å². The van der Waals surface area contributed by atoms with E-state index in [4.69, 9.17) is 0 Å². The first kappa shape index (κ1) is 20.0. The molecule has 1 aliphatic heterocycles. The molecule has 0 radical (unpaired) electrons. The van der Waals surface area contributed by atoms with Gasteiger partial charge in [0, 0.05) is 68.1 Å². The van der Waals surface area contributed by atoms with Crippen molar-refractivity contribution in [3.63, 3.8) is 0 Å². The van der Waals surface area contributed by atoms with Crippen LogP contribution in [0.3, 0.4) is 0 Å². The molecule has 1 N–H and O–H groups in total. The van der Waals surface area contributed by atoms with E-state index < -0.39 is 0 Å². The van der Waals surface area contributed by atoms with Gasteiger partial charge in [0.15, 0.2) is 12.5 Å². The van der Waals surface area contributed by atoms with Crippen LogP contribution in [0.1, 0.15) is 17.6 Å². The van der Waals surface area contributed by atoms with E-state index in [1.54, 1.807) is 7.05 Å². The molecule has 3 heterocycles. The maximum absolute atomic E-state index is 11.9. The summed E-state index contributed by atoms with van der Waals surface area (Å²) in [7, 11) is 1.81. The van der Waals surface area contributed by atoms with Gasteiger partial charge in [0.25, 0.3) is 0 Å². The zero-order valence-electron chi connectivity index (χ0n) is 17.6. The average molecular weight is 406 g/mol. The molecule has 156 valence electrons. The van der Waals surface area contributed by atoms with Crippen molar-refractivity contribution in [1.29, 1.82) is 0 Å². The SMILES string of the molecule is CNc1ncc(-c2ccccc2N2CCN(C(C=O)n3nc(C)cc3C)CC2)cn1. The quantitative estimate of drug-likeness (QED) is 0.631. The number of carbonyl (C=O) groups excluding carboxylic acids is 1. The van der Waals surface area contributed by atoms with Crippen molar-refractivity contribution in [3.8, 4) is 11.1 Å². The summed E-state index contributed by atoms with van der Waals surface area (Å²) in [6.07, 6.45) is 4.32. The van der Waals surface area contributed by atoms with Crippen LogP contribution in [0.15, 0.2) is 42.7 Å². The van der Waals surface area contributed by atoms with Gasteiger partial charge in [-0.1, -0.05) is 18.2 Å². The summed E-state index contributed by atoms with van der Waals surface area (Å²) in [4.78, 5) is 25.1. The van der Waals surface area contributed by atoms with E-state index >= 15 is 0 Å². The van der Waals surface area contributed by atoms with E-state index in [1.165, 1.54) is 0 Å². The van der Waals surface area contributed by atoms with Crippen molar-refractivity contribution in [3.05, 3.63) is 54.1 Å². The molecule has 1 atom stereocenters. The summed E-state index contributed by atoms with van der Waals surface area (Å²) in [6.45, 7) is 7.17. The lowest BCUT2D eigenvalue weighted by atomic mass is 10.1.